The van der Waals surface area contributed by atoms with E-state index >= 15 is 0 Å². The van der Waals surface area contributed by atoms with Crippen molar-refractivity contribution in [3.63, 3.8) is 0 Å². The largest absolute Gasteiger partial charge is 0.331 e. The van der Waals surface area contributed by atoms with E-state index in [1.165, 1.54) is 44.0 Å². The van der Waals surface area contributed by atoms with Gasteiger partial charge in [0, 0.05) is 44.6 Å². The molecule has 2 aromatic heterocycles. The molecule has 1 aliphatic rings. The first kappa shape index (κ1) is 20.6. The molecule has 166 valence electrons. The highest BCUT2D eigenvalue weighted by Gasteiger charge is 2.29. The molecule has 1 unspecified atom stereocenters. The molecule has 0 fully saturated rings. The summed E-state index contributed by atoms with van der Waals surface area (Å²) in [5, 5.41) is 3.89. The molecule has 1 aliphatic carbocycles. The van der Waals surface area contributed by atoms with Crippen LogP contribution in [0.4, 0.5) is 0 Å². The highest BCUT2D eigenvalue weighted by Crippen LogP contribution is 2.40. The fraction of sp³-hybridized carbons (Fsp3) is 0.125. The van der Waals surface area contributed by atoms with E-state index < -0.39 is 0 Å². The standard InChI is InChI=1S/C32H28N2/c1-3-4-5-13-24-23-33(29-18-9-6-15-26(24)29)25-14-12-21-32(2,22-25)34-30-19-10-7-16-27(30)28-17-8-11-20-31(28)34/h3-20,22-23H,21H2,1-2H3/b4-3-,13-5-. The first-order chi connectivity index (χ1) is 16.7. The van der Waals surface area contributed by atoms with Crippen molar-refractivity contribution < 1.29 is 0 Å². The molecule has 0 aliphatic heterocycles. The van der Waals surface area contributed by atoms with Gasteiger partial charge in [-0.3, -0.25) is 0 Å². The molecule has 3 aromatic carbocycles. The van der Waals surface area contributed by atoms with Crippen LogP contribution in [0, 0.1) is 0 Å². The Hall–Kier alpha value is -4.04. The van der Waals surface area contributed by atoms with Crippen molar-refractivity contribution in [2.75, 3.05) is 0 Å². The number of aromatic nitrogens is 2. The number of hydrogen-bond acceptors (Lipinski definition) is 0. The number of nitrogens with zero attached hydrogens (tertiary/aromatic N) is 2. The Bertz CT molecular complexity index is 1600. The van der Waals surface area contributed by atoms with E-state index in [9.17, 15) is 0 Å². The maximum absolute atomic E-state index is 2.53. The van der Waals surface area contributed by atoms with Gasteiger partial charge in [0.15, 0.2) is 0 Å². The number of fused-ring (bicyclic) bond motifs is 4. The molecule has 0 amide bonds. The molecule has 0 saturated heterocycles. The summed E-state index contributed by atoms with van der Waals surface area (Å²) in [6.45, 7) is 4.40. The zero-order valence-corrected chi connectivity index (χ0v) is 19.6. The van der Waals surface area contributed by atoms with Gasteiger partial charge in [0.2, 0.25) is 0 Å². The summed E-state index contributed by atoms with van der Waals surface area (Å²) in [5.74, 6) is 0. The van der Waals surface area contributed by atoms with E-state index in [0.29, 0.717) is 0 Å². The number of para-hydroxylation sites is 3. The van der Waals surface area contributed by atoms with Gasteiger partial charge >= 0.3 is 0 Å². The summed E-state index contributed by atoms with van der Waals surface area (Å²) >= 11 is 0. The lowest BCUT2D eigenvalue weighted by atomic mass is 9.91. The fourth-order valence-corrected chi connectivity index (χ4v) is 5.45. The fourth-order valence-electron chi connectivity index (χ4n) is 5.45. The molecule has 0 N–H and O–H groups in total. The predicted molar refractivity (Wildman–Crippen MR) is 147 cm³/mol. The lowest BCUT2D eigenvalue weighted by Crippen LogP contribution is -2.29. The minimum atomic E-state index is -0.181. The van der Waals surface area contributed by atoms with Gasteiger partial charge in [-0.25, -0.2) is 0 Å². The van der Waals surface area contributed by atoms with Crippen LogP contribution in [0.5, 0.6) is 0 Å². The van der Waals surface area contributed by atoms with Crippen LogP contribution in [0.25, 0.3) is 44.5 Å². The second-order valence-corrected chi connectivity index (χ2v) is 9.26. The molecule has 2 heteroatoms. The molecule has 0 saturated carbocycles. The van der Waals surface area contributed by atoms with E-state index in [2.05, 4.69) is 138 Å². The van der Waals surface area contributed by atoms with Gasteiger partial charge in [0.05, 0.1) is 11.1 Å². The van der Waals surface area contributed by atoms with Gasteiger partial charge < -0.3 is 9.13 Å². The Labute approximate surface area is 200 Å². The Morgan fingerprint density at radius 2 is 1.38 bits per heavy atom. The van der Waals surface area contributed by atoms with E-state index in [-0.39, 0.29) is 5.54 Å². The lowest BCUT2D eigenvalue weighted by Gasteiger charge is -2.33. The second-order valence-electron chi connectivity index (χ2n) is 9.26. The van der Waals surface area contributed by atoms with Crippen molar-refractivity contribution in [2.45, 2.75) is 25.8 Å². The Balaban J connectivity index is 1.56. The van der Waals surface area contributed by atoms with Crippen LogP contribution in [0.3, 0.4) is 0 Å². The molecule has 34 heavy (non-hydrogen) atoms. The van der Waals surface area contributed by atoms with Crippen molar-refractivity contribution in [2.24, 2.45) is 0 Å². The quantitative estimate of drug-likeness (QED) is 0.248. The Morgan fingerprint density at radius 3 is 2.06 bits per heavy atom. The van der Waals surface area contributed by atoms with Crippen LogP contribution in [-0.2, 0) is 5.54 Å². The van der Waals surface area contributed by atoms with Crippen molar-refractivity contribution in [3.05, 3.63) is 121 Å². The van der Waals surface area contributed by atoms with Gasteiger partial charge in [-0.05, 0) is 50.6 Å². The van der Waals surface area contributed by atoms with Gasteiger partial charge in [0.1, 0.15) is 0 Å². The predicted octanol–water partition coefficient (Wildman–Crippen LogP) is 8.55. The molecule has 2 nitrogen and oxygen atoms in total. The second kappa shape index (κ2) is 8.07. The Morgan fingerprint density at radius 1 is 0.765 bits per heavy atom. The minimum Gasteiger partial charge on any atom is -0.331 e. The topological polar surface area (TPSA) is 9.86 Å². The third-order valence-corrected chi connectivity index (χ3v) is 6.97. The van der Waals surface area contributed by atoms with Gasteiger partial charge in [-0.15, -0.1) is 0 Å². The third kappa shape index (κ3) is 3.18. The maximum atomic E-state index is 2.53. The Kier molecular flexibility index (Phi) is 4.88. The molecule has 6 rings (SSSR count). The zero-order valence-electron chi connectivity index (χ0n) is 19.6. The van der Waals surface area contributed by atoms with Gasteiger partial charge in [0.25, 0.3) is 0 Å². The van der Waals surface area contributed by atoms with Crippen LogP contribution < -0.4 is 0 Å². The van der Waals surface area contributed by atoms with E-state index in [4.69, 9.17) is 0 Å². The maximum Gasteiger partial charge on any atom is 0.0663 e. The SMILES string of the molecule is C/C=C\C=C/c1cn(C2=CC(C)(n3c4ccccc4c4ccccc43)CC=C2)c2ccccc12. The minimum absolute atomic E-state index is 0.181. The zero-order chi connectivity index (χ0) is 23.1. The first-order valence-corrected chi connectivity index (χ1v) is 12.0. The summed E-state index contributed by atoms with van der Waals surface area (Å²) in [7, 11) is 0. The first-order valence-electron chi connectivity index (χ1n) is 12.0. The molecular weight excluding hydrogens is 412 g/mol. The van der Waals surface area contributed by atoms with Crippen LogP contribution >= 0.6 is 0 Å². The number of benzene rings is 3. The van der Waals surface area contributed by atoms with Crippen molar-refractivity contribution in [1.82, 2.24) is 9.13 Å². The number of hydrogen-bond donors (Lipinski definition) is 0. The van der Waals surface area contributed by atoms with Gasteiger partial charge in [-0.2, -0.15) is 0 Å². The van der Waals surface area contributed by atoms with Crippen LogP contribution in [-0.4, -0.2) is 9.13 Å². The van der Waals surface area contributed by atoms with E-state index in [1.54, 1.807) is 0 Å². The molecule has 5 aromatic rings. The van der Waals surface area contributed by atoms with Crippen LogP contribution in [0.15, 0.2) is 115 Å². The smallest absolute Gasteiger partial charge is 0.0663 e. The van der Waals surface area contributed by atoms with E-state index in [1.807, 2.05) is 6.92 Å². The highest BCUT2D eigenvalue weighted by molar-refractivity contribution is 6.08. The lowest BCUT2D eigenvalue weighted by molar-refractivity contribution is 0.438. The van der Waals surface area contributed by atoms with Crippen molar-refractivity contribution in [3.8, 4) is 0 Å². The van der Waals surface area contributed by atoms with E-state index in [0.717, 1.165) is 6.42 Å². The monoisotopic (exact) mass is 440 g/mol. The number of allylic oxidation sites excluding steroid dienone is 7. The average molecular weight is 441 g/mol. The number of rotatable bonds is 4. The summed E-state index contributed by atoms with van der Waals surface area (Å²) in [4.78, 5) is 0. The summed E-state index contributed by atoms with van der Waals surface area (Å²) in [5.41, 5.74) is 6.04. The molecular formula is C32H28N2. The molecule has 0 radical (unpaired) electrons. The normalized spacial score (nSPS) is 18.7. The van der Waals surface area contributed by atoms with Crippen LogP contribution in [0.1, 0.15) is 25.8 Å². The average Bonchev–Trinajstić information content (AvgIpc) is 3.41. The molecule has 0 spiro atoms. The summed E-state index contributed by atoms with van der Waals surface area (Å²) < 4.78 is 4.87. The molecule has 1 atom stereocenters. The summed E-state index contributed by atoms with van der Waals surface area (Å²) in [6, 6.07) is 26.2. The highest BCUT2D eigenvalue weighted by atomic mass is 15.1. The third-order valence-electron chi connectivity index (χ3n) is 6.97. The van der Waals surface area contributed by atoms with Gasteiger partial charge in [-0.1, -0.05) is 85.0 Å². The molecule has 0 bridgehead atoms. The molecule has 2 heterocycles. The van der Waals surface area contributed by atoms with Crippen molar-refractivity contribution in [1.29, 1.82) is 0 Å². The van der Waals surface area contributed by atoms with Crippen molar-refractivity contribution >= 4 is 44.5 Å². The van der Waals surface area contributed by atoms with Crippen LogP contribution in [0.2, 0.25) is 0 Å². The summed E-state index contributed by atoms with van der Waals surface area (Å²) in [6.07, 6.45) is 18.7.